The van der Waals surface area contributed by atoms with Crippen LogP contribution in [0.2, 0.25) is 0 Å². The van der Waals surface area contributed by atoms with E-state index in [-0.39, 0.29) is 81.7 Å². The molecule has 0 saturated carbocycles. The number of unbranched alkanes of at least 4 members (excludes halogenated alkanes) is 1. The third kappa shape index (κ3) is 156. The molecule has 0 aromatic carbocycles. The van der Waals surface area contributed by atoms with Crippen LogP contribution in [0.15, 0.2) is 0 Å². The molecule has 7 unspecified atom stereocenters. The van der Waals surface area contributed by atoms with Crippen molar-refractivity contribution in [3.8, 4) is 0 Å². The first-order valence-electron chi connectivity index (χ1n) is 26.6. The normalized spacial score (nSPS) is 14.5. The van der Waals surface area contributed by atoms with Gasteiger partial charge in [0.15, 0.2) is 17.6 Å². The van der Waals surface area contributed by atoms with Gasteiger partial charge in [0.2, 0.25) is 0 Å². The molecule has 0 aliphatic carbocycles. The number of hydrogen-bond acceptors (Lipinski definition) is 23. The van der Waals surface area contributed by atoms with E-state index in [1.54, 1.807) is 35.0 Å². The van der Waals surface area contributed by atoms with E-state index in [2.05, 4.69) is 119 Å². The summed E-state index contributed by atoms with van der Waals surface area (Å²) in [4.78, 5) is 64.5. The van der Waals surface area contributed by atoms with Gasteiger partial charge in [0.1, 0.15) is 39.0 Å². The van der Waals surface area contributed by atoms with E-state index in [1.165, 1.54) is 31.2 Å². The minimum absolute atomic E-state index is 0. The van der Waals surface area contributed by atoms with Gasteiger partial charge in [-0.15, -0.1) is 0 Å². The first-order chi connectivity index (χ1) is 36.6. The van der Waals surface area contributed by atoms with Crippen molar-refractivity contribution in [3.05, 3.63) is 0 Å². The van der Waals surface area contributed by atoms with E-state index < -0.39 is 65.4 Å². The van der Waals surface area contributed by atoms with Crippen molar-refractivity contribution in [3.63, 3.8) is 0 Å². The number of aliphatic hydroxyl groups excluding tert-OH is 2. The summed E-state index contributed by atoms with van der Waals surface area (Å²) in [5.74, 6) is -0.689. The maximum absolute atomic E-state index is 10.7. The highest BCUT2D eigenvalue weighted by Crippen LogP contribution is 2.38. The summed E-state index contributed by atoms with van der Waals surface area (Å²) < 4.78 is 110. The zero-order chi connectivity index (χ0) is 69.3. The van der Waals surface area contributed by atoms with Gasteiger partial charge in [0.25, 0.3) is 31.3 Å². The van der Waals surface area contributed by atoms with Crippen LogP contribution in [0.1, 0.15) is 111 Å². The Labute approximate surface area is 541 Å². The van der Waals surface area contributed by atoms with E-state index in [0.717, 1.165) is 41.9 Å². The number of Topliss-reactive ketones (excluding diaryl/α,β-unsaturated/α-hetero) is 2. The number of hydrogen-bond donors (Lipinski definition) is 4. The highest BCUT2D eigenvalue weighted by atomic mass is 32.2. The third-order valence-electron chi connectivity index (χ3n) is 7.30. The van der Waals surface area contributed by atoms with Crippen LogP contribution in [0.25, 0.3) is 0 Å². The second-order valence-electron chi connectivity index (χ2n) is 23.7. The minimum Gasteiger partial charge on any atom is -0.756 e. The Bertz CT molecular complexity index is 1840. The fourth-order valence-corrected chi connectivity index (χ4v) is 6.08. The second-order valence-corrected chi connectivity index (χ2v) is 31.2. The fraction of sp³-hybridized carbons (Fsp3) is 0.962. The molecule has 0 saturated heterocycles. The topological polar surface area (TPSA) is 398 Å². The number of carbonyl (C=O) groups is 2. The lowest BCUT2D eigenvalue weighted by atomic mass is 10.2. The van der Waals surface area contributed by atoms with E-state index in [0.29, 0.717) is 34.9 Å². The number of phosphoric acid groups is 4. The molecule has 0 radical (unpaired) electrons. The maximum atomic E-state index is 10.7. The fourth-order valence-electron chi connectivity index (χ4n) is 3.66. The number of likely N-dealkylation sites (N-methyl/N-ethyl adjacent to an activating group) is 3. The molecule has 0 rings (SSSR count). The van der Waals surface area contributed by atoms with Gasteiger partial charge in [-0.2, -0.15) is 0 Å². The summed E-state index contributed by atoms with van der Waals surface area (Å²) in [6, 6.07) is -0.678. The van der Waals surface area contributed by atoms with Crippen molar-refractivity contribution >= 4 is 53.0 Å². The Kier molecular flexibility index (Phi) is 91.9. The number of quaternary nitrogens is 7. The number of phosphoric ester groups is 4. The van der Waals surface area contributed by atoms with Crippen LogP contribution >= 0.6 is 31.3 Å². The molecule has 88 heavy (non-hydrogen) atoms. The van der Waals surface area contributed by atoms with E-state index in [4.69, 9.17) is 10.2 Å². The lowest BCUT2D eigenvalue weighted by Crippen LogP contribution is -3.02. The smallest absolute Gasteiger partial charge is 0.267 e. The van der Waals surface area contributed by atoms with Crippen molar-refractivity contribution in [2.45, 2.75) is 130 Å². The molecule has 554 valence electrons. The summed E-state index contributed by atoms with van der Waals surface area (Å²) in [6.07, 6.45) is 1.94. The lowest BCUT2D eigenvalue weighted by molar-refractivity contribution is -0.873. The molecule has 0 spiro atoms. The number of rotatable bonds is 28. The van der Waals surface area contributed by atoms with Crippen LogP contribution in [-0.4, -0.2) is 296 Å². The molecule has 35 heteroatoms. The van der Waals surface area contributed by atoms with Gasteiger partial charge in [-0.3, -0.25) is 27.8 Å². The molecular weight excluding hydrogens is 1260 g/mol. The summed E-state index contributed by atoms with van der Waals surface area (Å²) in [5, 5.41) is 18.0. The second kappa shape index (κ2) is 65.0. The first kappa shape index (κ1) is 124. The van der Waals surface area contributed by atoms with Crippen molar-refractivity contribution in [2.24, 2.45) is 0 Å². The van der Waals surface area contributed by atoms with Gasteiger partial charge in [0.05, 0.1) is 176 Å². The Hall–Kier alpha value is -0.670. The van der Waals surface area contributed by atoms with E-state index >= 15 is 0 Å². The molecular formula is C53H145N7O23P4S+2. The molecule has 30 nitrogen and oxygen atoms in total. The van der Waals surface area contributed by atoms with Crippen molar-refractivity contribution in [1.29, 1.82) is 0 Å². The average molecular weight is 1400 g/mol. The van der Waals surface area contributed by atoms with Gasteiger partial charge in [-0.1, -0.05) is 78.2 Å². The van der Waals surface area contributed by atoms with Crippen LogP contribution in [0.4, 0.5) is 0 Å². The van der Waals surface area contributed by atoms with Crippen molar-refractivity contribution in [2.75, 3.05) is 221 Å². The number of carbonyl (C=O) groups excluding carboxylic acids is 2. The third-order valence-corrected chi connectivity index (χ3v) is 11.8. The molecule has 0 bridgehead atoms. The largest absolute Gasteiger partial charge is 0.756 e. The summed E-state index contributed by atoms with van der Waals surface area (Å²) in [6.45, 7) is 15.3. The predicted molar refractivity (Wildman–Crippen MR) is 352 cm³/mol. The first-order valence-corrected chi connectivity index (χ1v) is 34.0. The van der Waals surface area contributed by atoms with Gasteiger partial charge in [-0.25, -0.2) is 8.42 Å². The Morgan fingerprint density at radius 2 is 0.830 bits per heavy atom. The quantitative estimate of drug-likeness (QED) is 0.0495. The minimum atomic E-state index is -4.31. The van der Waals surface area contributed by atoms with E-state index in [1.807, 2.05) is 63.1 Å². The highest BCUT2D eigenvalue weighted by Gasteiger charge is 2.18. The molecule has 6 N–H and O–H groups in total. The van der Waals surface area contributed by atoms with E-state index in [9.17, 15) is 60.4 Å². The molecule has 0 heterocycles. The SMILES string of the molecule is C.C.C.C.C.CC.CC(=O)C[N+](C)(C)C.CCC(O)COP(=O)([O-])OC.CCCC[N+](C)(C)C.CCCOP(=O)([O-])OC.COP(=O)([O-])OCC([NH3+])C(C)=O.COP(=O)([O-])OCC[N+](C)(C)C.C[N+](C)(C)C.C[N+](C)(C)CC(O)CS(=O)(=O)[O-].C[NH+](C)C. The Balaban J connectivity index is -0.0000000526. The Morgan fingerprint density at radius 1 is 0.534 bits per heavy atom. The van der Waals surface area contributed by atoms with Gasteiger partial charge in [0, 0.05) is 42.3 Å². The van der Waals surface area contributed by atoms with Crippen molar-refractivity contribution < 1.29 is 140 Å². The van der Waals surface area contributed by atoms with Crippen LogP contribution < -0.4 is 30.2 Å². The zero-order valence-corrected chi connectivity index (χ0v) is 61.4. The van der Waals surface area contributed by atoms with Gasteiger partial charge < -0.3 is 104 Å². The number of nitrogens with one attached hydrogen (secondary N) is 1. The molecule has 0 aliphatic heterocycles. The standard InChI is InChI=1S/C7H18N.C6H16NO4P.C6H15NO4S.C6H14NO.C5H12NO5P.C5H13O5P.C4H12N.C4H11O4P.C3H9N.C2H6.5CH4/c1-5-6-7-8(2,3)4;1-7(2,3)5-6-11-12(8,9)10-4;1-7(2,3)4-6(8)5-12(9,10)11;1-6(8)5-7(2,3)4;1-4(7)5(6)3-11-12(8,9)10-2;1-3-5(6)4-10-11(7,8)9-2;1-5(2,3)4;1-3-4-8-9(5,6)7-2;1-4(2)3;1-2;;;;;/h5-7H2,1-4H3;5-6H2,1-4H3;6,8H,4-5H2,1-3H3;5H2,1-4H3;5H,3,6H2,1-2H3,(H,8,9);5-6H,3-4H2,1-2H3,(H,7,8);1-4H3;3-4H2,1-2H3,(H,5,6);1-3H3;1-2H3;5*1H4/q+1;;;+1;;;+1;;;;;;;;/p-1. The van der Waals surface area contributed by atoms with Gasteiger partial charge in [-0.05, 0) is 19.3 Å². The molecule has 0 aromatic heterocycles. The molecule has 0 aliphatic rings. The predicted octanol–water partition coefficient (Wildman–Crippen LogP) is 2.22. The summed E-state index contributed by atoms with van der Waals surface area (Å²) in [7, 11) is 22.2. The zero-order valence-electron chi connectivity index (χ0n) is 57.0. The maximum Gasteiger partial charge on any atom is 0.267 e. The lowest BCUT2D eigenvalue weighted by Gasteiger charge is -2.27. The number of aliphatic hydroxyl groups is 2. The van der Waals surface area contributed by atoms with Gasteiger partial charge >= 0.3 is 0 Å². The van der Waals surface area contributed by atoms with Crippen LogP contribution in [0, 0.1) is 0 Å². The molecule has 7 atom stereocenters. The monoisotopic (exact) mass is 1400 g/mol. The Morgan fingerprint density at radius 3 is 1.02 bits per heavy atom. The molecule has 0 amide bonds. The number of ketones is 2. The molecule has 0 fully saturated rings. The van der Waals surface area contributed by atoms with Crippen molar-refractivity contribution in [1.82, 2.24) is 0 Å². The number of nitrogens with zero attached hydrogens (tertiary/aromatic N) is 5. The van der Waals surface area contributed by atoms with Crippen LogP contribution in [0.5, 0.6) is 0 Å². The average Bonchev–Trinajstić information content (AvgIpc) is 3.27. The van der Waals surface area contributed by atoms with Crippen LogP contribution in [0.3, 0.4) is 0 Å². The highest BCUT2D eigenvalue weighted by molar-refractivity contribution is 7.85. The summed E-state index contributed by atoms with van der Waals surface area (Å²) >= 11 is 0. The summed E-state index contributed by atoms with van der Waals surface area (Å²) in [5.41, 5.74) is 3.38. The van der Waals surface area contributed by atoms with Crippen LogP contribution in [-0.2, 0) is 74.2 Å². The molecule has 0 aromatic rings.